The van der Waals surface area contributed by atoms with E-state index < -0.39 is 6.04 Å². The summed E-state index contributed by atoms with van der Waals surface area (Å²) in [6.07, 6.45) is 3.97. The molecule has 2 fully saturated rings. The Morgan fingerprint density at radius 3 is 2.54 bits per heavy atom. The van der Waals surface area contributed by atoms with E-state index in [1.165, 1.54) is 0 Å². The summed E-state index contributed by atoms with van der Waals surface area (Å²) in [7, 11) is 0. The van der Waals surface area contributed by atoms with E-state index in [2.05, 4.69) is 10.5 Å². The summed E-state index contributed by atoms with van der Waals surface area (Å²) >= 11 is 0. The molecule has 3 rings (SSSR count). The minimum atomic E-state index is -0.452. The highest BCUT2D eigenvalue weighted by Gasteiger charge is 2.31. The van der Waals surface area contributed by atoms with Gasteiger partial charge in [0.2, 0.25) is 5.91 Å². The Labute approximate surface area is 141 Å². The van der Waals surface area contributed by atoms with Crippen molar-refractivity contribution in [1.29, 1.82) is 0 Å². The van der Waals surface area contributed by atoms with Gasteiger partial charge in [-0.15, -0.1) is 0 Å². The van der Waals surface area contributed by atoms with Crippen molar-refractivity contribution in [2.75, 3.05) is 13.1 Å². The molecule has 2 heterocycles. The lowest BCUT2D eigenvalue weighted by molar-refractivity contribution is -0.133. The maximum atomic E-state index is 12.3. The summed E-state index contributed by atoms with van der Waals surface area (Å²) in [6.45, 7) is 5.11. The predicted octanol–water partition coefficient (Wildman–Crippen LogP) is 1.26. The average Bonchev–Trinajstić information content (AvgIpc) is 3.31. The number of nitrogens with two attached hydrogens (primary N) is 1. The summed E-state index contributed by atoms with van der Waals surface area (Å²) in [5.41, 5.74) is 6.01. The van der Waals surface area contributed by atoms with Gasteiger partial charge in [0.15, 0.2) is 5.69 Å². The third kappa shape index (κ3) is 3.77. The molecule has 7 nitrogen and oxygen atoms in total. The summed E-state index contributed by atoms with van der Waals surface area (Å²) in [5.74, 6) is 1.42. The summed E-state index contributed by atoms with van der Waals surface area (Å²) in [4.78, 5) is 26.0. The number of hydrogen-bond donors (Lipinski definition) is 2. The lowest BCUT2D eigenvalue weighted by Gasteiger charge is -2.35. The Balaban J connectivity index is 1.49. The maximum absolute atomic E-state index is 12.3. The van der Waals surface area contributed by atoms with Gasteiger partial charge in [0.25, 0.3) is 5.91 Å². The molecule has 0 spiro atoms. The fourth-order valence-electron chi connectivity index (χ4n) is 3.26. The normalized spacial score (nSPS) is 21.4. The molecule has 0 bridgehead atoms. The highest BCUT2D eigenvalue weighted by Crippen LogP contribution is 2.40. The highest BCUT2D eigenvalue weighted by molar-refractivity contribution is 5.92. The number of hydrogen-bond acceptors (Lipinski definition) is 5. The zero-order valence-electron chi connectivity index (χ0n) is 14.3. The first kappa shape index (κ1) is 17.0. The van der Waals surface area contributed by atoms with Gasteiger partial charge in [-0.1, -0.05) is 5.16 Å². The number of nitrogens with zero attached hydrogens (tertiary/aromatic N) is 2. The molecular formula is C17H26N4O3. The van der Waals surface area contributed by atoms with Gasteiger partial charge in [-0.25, -0.2) is 0 Å². The van der Waals surface area contributed by atoms with Crippen LogP contribution in [0.3, 0.4) is 0 Å². The number of carbonyl (C=O) groups is 2. The van der Waals surface area contributed by atoms with Crippen LogP contribution in [0.2, 0.25) is 0 Å². The van der Waals surface area contributed by atoms with Crippen molar-refractivity contribution in [3.05, 3.63) is 17.5 Å². The maximum Gasteiger partial charge on any atom is 0.273 e. The van der Waals surface area contributed by atoms with Gasteiger partial charge in [-0.3, -0.25) is 9.59 Å². The molecule has 2 amide bonds. The van der Waals surface area contributed by atoms with Gasteiger partial charge in [0, 0.05) is 31.1 Å². The summed E-state index contributed by atoms with van der Waals surface area (Å²) in [5, 5.41) is 6.89. The van der Waals surface area contributed by atoms with E-state index in [1.54, 1.807) is 13.0 Å². The molecule has 1 aliphatic carbocycles. The monoisotopic (exact) mass is 334 g/mol. The van der Waals surface area contributed by atoms with Gasteiger partial charge in [0.05, 0.1) is 6.04 Å². The van der Waals surface area contributed by atoms with Crippen molar-refractivity contribution in [3.8, 4) is 0 Å². The molecule has 132 valence electrons. The molecule has 2 atom stereocenters. The molecule has 1 aliphatic heterocycles. The number of likely N-dealkylation sites (tertiary alicyclic amines) is 1. The van der Waals surface area contributed by atoms with Gasteiger partial charge >= 0.3 is 0 Å². The molecule has 1 saturated carbocycles. The SMILES string of the molecule is CC(NC(=O)c1cc(C2CC2)on1)C1CCN(C(=O)[C@H](C)N)CC1. The van der Waals surface area contributed by atoms with Gasteiger partial charge in [-0.05, 0) is 45.4 Å². The van der Waals surface area contributed by atoms with Crippen molar-refractivity contribution in [1.82, 2.24) is 15.4 Å². The first-order valence-electron chi connectivity index (χ1n) is 8.77. The Morgan fingerprint density at radius 2 is 1.96 bits per heavy atom. The minimum absolute atomic E-state index is 0.000316. The third-order valence-corrected chi connectivity index (χ3v) is 5.05. The molecule has 2 aliphatic rings. The molecule has 1 saturated heterocycles. The summed E-state index contributed by atoms with van der Waals surface area (Å²) < 4.78 is 5.23. The Bertz CT molecular complexity index is 601. The van der Waals surface area contributed by atoms with Crippen LogP contribution in [0.15, 0.2) is 10.6 Å². The van der Waals surface area contributed by atoms with Gasteiger partial charge < -0.3 is 20.5 Å². The number of piperidine rings is 1. The predicted molar refractivity (Wildman–Crippen MR) is 88.4 cm³/mol. The number of rotatable bonds is 5. The first-order valence-corrected chi connectivity index (χ1v) is 8.77. The van der Waals surface area contributed by atoms with E-state index in [0.29, 0.717) is 30.6 Å². The van der Waals surface area contributed by atoms with Crippen molar-refractivity contribution < 1.29 is 14.1 Å². The van der Waals surface area contributed by atoms with E-state index in [0.717, 1.165) is 31.4 Å². The minimum Gasteiger partial charge on any atom is -0.360 e. The van der Waals surface area contributed by atoms with Crippen molar-refractivity contribution in [3.63, 3.8) is 0 Å². The second-order valence-electron chi connectivity index (χ2n) is 7.10. The van der Waals surface area contributed by atoms with Crippen LogP contribution in [-0.4, -0.2) is 47.0 Å². The number of carbonyl (C=O) groups excluding carboxylic acids is 2. The second-order valence-corrected chi connectivity index (χ2v) is 7.10. The molecule has 0 aromatic carbocycles. The van der Waals surface area contributed by atoms with Gasteiger partial charge in [0.1, 0.15) is 5.76 Å². The van der Waals surface area contributed by atoms with Crippen LogP contribution in [0, 0.1) is 5.92 Å². The third-order valence-electron chi connectivity index (χ3n) is 5.05. The Hall–Kier alpha value is -1.89. The zero-order chi connectivity index (χ0) is 17.3. The van der Waals surface area contributed by atoms with Crippen LogP contribution in [0.5, 0.6) is 0 Å². The van der Waals surface area contributed by atoms with E-state index in [9.17, 15) is 9.59 Å². The number of nitrogens with one attached hydrogen (secondary N) is 1. The Kier molecular flexibility index (Phi) is 4.89. The second kappa shape index (κ2) is 6.93. The molecule has 0 radical (unpaired) electrons. The molecule has 1 aromatic rings. The van der Waals surface area contributed by atoms with Crippen LogP contribution in [0.25, 0.3) is 0 Å². The standard InChI is InChI=1S/C17H26N4O3/c1-10(18)17(23)21-7-5-12(6-8-21)11(2)19-16(22)14-9-15(24-20-14)13-3-4-13/h9-13H,3-8,18H2,1-2H3,(H,19,22)/t10-,11?/m0/s1. The van der Waals surface area contributed by atoms with Crippen molar-refractivity contribution in [2.45, 2.75) is 57.5 Å². The smallest absolute Gasteiger partial charge is 0.273 e. The Morgan fingerprint density at radius 1 is 1.29 bits per heavy atom. The lowest BCUT2D eigenvalue weighted by atomic mass is 9.90. The topological polar surface area (TPSA) is 101 Å². The highest BCUT2D eigenvalue weighted by atomic mass is 16.5. The molecule has 7 heteroatoms. The van der Waals surface area contributed by atoms with E-state index in [4.69, 9.17) is 10.3 Å². The van der Waals surface area contributed by atoms with Crippen molar-refractivity contribution in [2.24, 2.45) is 11.7 Å². The molecule has 1 unspecified atom stereocenters. The van der Waals surface area contributed by atoms with E-state index >= 15 is 0 Å². The van der Waals surface area contributed by atoms with E-state index in [-0.39, 0.29) is 17.9 Å². The number of amides is 2. The quantitative estimate of drug-likeness (QED) is 0.844. The van der Waals surface area contributed by atoms with Crippen LogP contribution < -0.4 is 11.1 Å². The average molecular weight is 334 g/mol. The number of aromatic nitrogens is 1. The van der Waals surface area contributed by atoms with Crippen LogP contribution in [0.4, 0.5) is 0 Å². The van der Waals surface area contributed by atoms with Crippen LogP contribution >= 0.6 is 0 Å². The first-order chi connectivity index (χ1) is 11.5. The lowest BCUT2D eigenvalue weighted by Crippen LogP contribution is -2.49. The van der Waals surface area contributed by atoms with Crippen LogP contribution in [-0.2, 0) is 4.79 Å². The van der Waals surface area contributed by atoms with Gasteiger partial charge in [-0.2, -0.15) is 0 Å². The fraction of sp³-hybridized carbons (Fsp3) is 0.706. The molecular weight excluding hydrogens is 308 g/mol. The van der Waals surface area contributed by atoms with E-state index in [1.807, 2.05) is 11.8 Å². The molecule has 24 heavy (non-hydrogen) atoms. The largest absolute Gasteiger partial charge is 0.360 e. The summed E-state index contributed by atoms with van der Waals surface area (Å²) in [6, 6.07) is 1.33. The molecule has 3 N–H and O–H groups in total. The zero-order valence-corrected chi connectivity index (χ0v) is 14.3. The molecule has 1 aromatic heterocycles. The fourth-order valence-corrected chi connectivity index (χ4v) is 3.26. The van der Waals surface area contributed by atoms with Crippen molar-refractivity contribution >= 4 is 11.8 Å². The van der Waals surface area contributed by atoms with Crippen LogP contribution in [0.1, 0.15) is 61.7 Å².